The largest absolute Gasteiger partial charge is 0.296 e. The number of imidazole rings is 1. The first-order valence-corrected chi connectivity index (χ1v) is 7.33. The molecule has 20 heavy (non-hydrogen) atoms. The highest BCUT2D eigenvalue weighted by atomic mass is 35.5. The lowest BCUT2D eigenvalue weighted by molar-refractivity contribution is 0.912. The van der Waals surface area contributed by atoms with E-state index in [2.05, 4.69) is 60.9 Å². The monoisotopic (exact) mass is 284 g/mol. The van der Waals surface area contributed by atoms with E-state index < -0.39 is 0 Å². The summed E-state index contributed by atoms with van der Waals surface area (Å²) in [6, 6.07) is 14.9. The van der Waals surface area contributed by atoms with Crippen molar-refractivity contribution in [2.75, 3.05) is 5.88 Å². The van der Waals surface area contributed by atoms with Gasteiger partial charge in [0.25, 0.3) is 0 Å². The Kier molecular flexibility index (Phi) is 3.49. The average Bonchev–Trinajstić information content (AvgIpc) is 2.77. The van der Waals surface area contributed by atoms with Gasteiger partial charge in [-0.15, -0.1) is 11.6 Å². The molecule has 1 heterocycles. The third-order valence-electron chi connectivity index (χ3n) is 3.49. The van der Waals surface area contributed by atoms with E-state index in [9.17, 15) is 0 Å². The lowest BCUT2D eigenvalue weighted by atomic mass is 10.2. The molecule has 0 saturated carbocycles. The SMILES string of the molecule is Cc1ccc(-n2c(CCCl)nc3cc(C)ccc32)cc1. The summed E-state index contributed by atoms with van der Waals surface area (Å²) in [4.78, 5) is 4.74. The number of hydrogen-bond acceptors (Lipinski definition) is 1. The number of hydrogen-bond donors (Lipinski definition) is 0. The first-order chi connectivity index (χ1) is 9.69. The molecule has 0 spiro atoms. The van der Waals surface area contributed by atoms with Gasteiger partial charge in [0.1, 0.15) is 5.82 Å². The minimum absolute atomic E-state index is 0.578. The van der Waals surface area contributed by atoms with Crippen LogP contribution in [-0.4, -0.2) is 15.4 Å². The molecule has 0 N–H and O–H groups in total. The van der Waals surface area contributed by atoms with E-state index in [1.54, 1.807) is 0 Å². The van der Waals surface area contributed by atoms with Crippen LogP contribution in [-0.2, 0) is 6.42 Å². The summed E-state index contributed by atoms with van der Waals surface area (Å²) in [6.07, 6.45) is 0.767. The Morgan fingerprint density at radius 3 is 2.40 bits per heavy atom. The molecule has 0 saturated heterocycles. The highest BCUT2D eigenvalue weighted by molar-refractivity contribution is 6.17. The lowest BCUT2D eigenvalue weighted by Crippen LogP contribution is -2.02. The van der Waals surface area contributed by atoms with Crippen molar-refractivity contribution in [3.63, 3.8) is 0 Å². The number of nitrogens with zero attached hydrogens (tertiary/aromatic N) is 2. The third kappa shape index (κ3) is 2.32. The average molecular weight is 285 g/mol. The minimum atomic E-state index is 0.578. The maximum atomic E-state index is 5.93. The van der Waals surface area contributed by atoms with Crippen molar-refractivity contribution in [1.29, 1.82) is 0 Å². The fourth-order valence-corrected chi connectivity index (χ4v) is 2.64. The van der Waals surface area contributed by atoms with E-state index >= 15 is 0 Å². The van der Waals surface area contributed by atoms with Crippen LogP contribution in [0.15, 0.2) is 42.5 Å². The summed E-state index contributed by atoms with van der Waals surface area (Å²) in [6.45, 7) is 4.18. The minimum Gasteiger partial charge on any atom is -0.296 e. The molecule has 3 aromatic rings. The predicted octanol–water partition coefficient (Wildman–Crippen LogP) is 4.42. The van der Waals surface area contributed by atoms with Crippen LogP contribution in [0.5, 0.6) is 0 Å². The molecule has 3 rings (SSSR count). The van der Waals surface area contributed by atoms with Crippen LogP contribution in [0, 0.1) is 13.8 Å². The molecular weight excluding hydrogens is 268 g/mol. The Morgan fingerprint density at radius 2 is 1.70 bits per heavy atom. The Labute approximate surface area is 124 Å². The molecule has 0 bridgehead atoms. The zero-order chi connectivity index (χ0) is 14.1. The molecule has 0 unspecified atom stereocenters. The van der Waals surface area contributed by atoms with Crippen molar-refractivity contribution in [1.82, 2.24) is 9.55 Å². The normalized spacial score (nSPS) is 11.2. The van der Waals surface area contributed by atoms with E-state index in [0.29, 0.717) is 5.88 Å². The number of aryl methyl sites for hydroxylation is 3. The maximum absolute atomic E-state index is 5.93. The summed E-state index contributed by atoms with van der Waals surface area (Å²) in [5.74, 6) is 1.60. The van der Waals surface area contributed by atoms with Crippen LogP contribution in [0.25, 0.3) is 16.7 Å². The molecule has 0 fully saturated rings. The topological polar surface area (TPSA) is 17.8 Å². The van der Waals surface area contributed by atoms with Crippen LogP contribution in [0.3, 0.4) is 0 Å². The van der Waals surface area contributed by atoms with E-state index in [4.69, 9.17) is 16.6 Å². The van der Waals surface area contributed by atoms with Crippen LogP contribution in [0.1, 0.15) is 17.0 Å². The van der Waals surface area contributed by atoms with Crippen molar-refractivity contribution in [3.05, 3.63) is 59.4 Å². The van der Waals surface area contributed by atoms with Crippen molar-refractivity contribution < 1.29 is 0 Å². The van der Waals surface area contributed by atoms with Gasteiger partial charge in [0, 0.05) is 18.0 Å². The molecule has 1 aromatic heterocycles. The van der Waals surface area contributed by atoms with Crippen molar-refractivity contribution in [2.45, 2.75) is 20.3 Å². The second-order valence-electron chi connectivity index (χ2n) is 5.13. The fourth-order valence-electron chi connectivity index (χ4n) is 2.47. The van der Waals surface area contributed by atoms with Crippen molar-refractivity contribution in [2.24, 2.45) is 0 Å². The van der Waals surface area contributed by atoms with E-state index in [0.717, 1.165) is 29.0 Å². The summed E-state index contributed by atoms with van der Waals surface area (Å²) in [5.41, 5.74) is 5.80. The molecule has 0 radical (unpaired) electrons. The summed E-state index contributed by atoms with van der Waals surface area (Å²) in [7, 11) is 0. The number of benzene rings is 2. The Bertz CT molecular complexity index is 742. The first-order valence-electron chi connectivity index (χ1n) is 6.80. The zero-order valence-electron chi connectivity index (χ0n) is 11.7. The van der Waals surface area contributed by atoms with Crippen LogP contribution >= 0.6 is 11.6 Å². The fraction of sp³-hybridized carbons (Fsp3) is 0.235. The molecule has 0 aliphatic heterocycles. The van der Waals surface area contributed by atoms with Gasteiger partial charge in [-0.3, -0.25) is 4.57 Å². The summed E-state index contributed by atoms with van der Waals surface area (Å²) < 4.78 is 2.20. The standard InChI is InChI=1S/C17H17ClN2/c1-12-3-6-14(7-4-12)20-16-8-5-13(2)11-15(16)19-17(20)9-10-18/h3-8,11H,9-10H2,1-2H3. The molecule has 2 nitrogen and oxygen atoms in total. The third-order valence-corrected chi connectivity index (χ3v) is 3.68. The quantitative estimate of drug-likeness (QED) is 0.651. The highest BCUT2D eigenvalue weighted by Crippen LogP contribution is 2.23. The van der Waals surface area contributed by atoms with Crippen LogP contribution in [0.4, 0.5) is 0 Å². The van der Waals surface area contributed by atoms with Gasteiger partial charge in [0.15, 0.2) is 0 Å². The molecule has 3 heteroatoms. The number of aromatic nitrogens is 2. The summed E-state index contributed by atoms with van der Waals surface area (Å²) in [5, 5.41) is 0. The van der Waals surface area contributed by atoms with Gasteiger partial charge in [-0.05, 0) is 43.7 Å². The van der Waals surface area contributed by atoms with E-state index in [-0.39, 0.29) is 0 Å². The molecule has 2 aromatic carbocycles. The van der Waals surface area contributed by atoms with Gasteiger partial charge < -0.3 is 0 Å². The van der Waals surface area contributed by atoms with Gasteiger partial charge in [-0.2, -0.15) is 0 Å². The highest BCUT2D eigenvalue weighted by Gasteiger charge is 2.11. The molecule has 0 amide bonds. The van der Waals surface area contributed by atoms with Gasteiger partial charge in [-0.1, -0.05) is 23.8 Å². The van der Waals surface area contributed by atoms with Gasteiger partial charge >= 0.3 is 0 Å². The second-order valence-corrected chi connectivity index (χ2v) is 5.51. The van der Waals surface area contributed by atoms with Gasteiger partial charge in [0.05, 0.1) is 11.0 Å². The Balaban J connectivity index is 2.25. The van der Waals surface area contributed by atoms with Crippen molar-refractivity contribution in [3.8, 4) is 5.69 Å². The molecule has 0 aliphatic carbocycles. The number of fused-ring (bicyclic) bond motifs is 1. The molecule has 0 aliphatic rings. The first kappa shape index (κ1) is 13.2. The summed E-state index contributed by atoms with van der Waals surface area (Å²) >= 11 is 5.93. The zero-order valence-corrected chi connectivity index (χ0v) is 12.5. The van der Waals surface area contributed by atoms with Crippen LogP contribution in [0.2, 0.25) is 0 Å². The molecule has 0 atom stereocenters. The smallest absolute Gasteiger partial charge is 0.115 e. The Morgan fingerprint density at radius 1 is 1.00 bits per heavy atom. The molecular formula is C17H17ClN2. The number of alkyl halides is 1. The van der Waals surface area contributed by atoms with Crippen LogP contribution < -0.4 is 0 Å². The second kappa shape index (κ2) is 5.29. The van der Waals surface area contributed by atoms with E-state index in [1.165, 1.54) is 11.1 Å². The van der Waals surface area contributed by atoms with Crippen molar-refractivity contribution >= 4 is 22.6 Å². The maximum Gasteiger partial charge on any atom is 0.115 e. The van der Waals surface area contributed by atoms with Gasteiger partial charge in [0.2, 0.25) is 0 Å². The van der Waals surface area contributed by atoms with Gasteiger partial charge in [-0.25, -0.2) is 4.98 Å². The van der Waals surface area contributed by atoms with E-state index in [1.807, 2.05) is 0 Å². The number of halogens is 1. The number of rotatable bonds is 3. The Hall–Kier alpha value is -1.80. The lowest BCUT2D eigenvalue weighted by Gasteiger charge is -2.09. The molecule has 102 valence electrons. The predicted molar refractivity (Wildman–Crippen MR) is 85.0 cm³/mol.